The van der Waals surface area contributed by atoms with Crippen molar-refractivity contribution >= 4 is 18.2 Å². The molecule has 0 saturated carbocycles. The van der Waals surface area contributed by atoms with Crippen molar-refractivity contribution in [1.82, 2.24) is 14.9 Å². The first-order valence-corrected chi connectivity index (χ1v) is 7.18. The van der Waals surface area contributed by atoms with Crippen molar-refractivity contribution in [2.75, 3.05) is 37.7 Å². The number of aldehydes is 1. The highest BCUT2D eigenvalue weighted by Crippen LogP contribution is 2.16. The maximum atomic E-state index is 11.8. The average molecular weight is 292 g/mol. The molecule has 1 aromatic rings. The van der Waals surface area contributed by atoms with Gasteiger partial charge in [-0.2, -0.15) is 0 Å². The fraction of sp³-hybridized carbons (Fsp3) is 0.571. The third-order valence-corrected chi connectivity index (χ3v) is 3.41. The lowest BCUT2D eigenvalue weighted by Gasteiger charge is -2.35. The van der Waals surface area contributed by atoms with Crippen LogP contribution in [0.4, 0.5) is 10.6 Å². The highest BCUT2D eigenvalue weighted by Gasteiger charge is 2.24. The summed E-state index contributed by atoms with van der Waals surface area (Å²) in [5.41, 5.74) is 0.469. The van der Waals surface area contributed by atoms with Crippen molar-refractivity contribution in [2.24, 2.45) is 0 Å². The first-order chi connectivity index (χ1) is 10.3. The predicted octanol–water partition coefficient (Wildman–Crippen LogP) is 1.35. The molecule has 0 bridgehead atoms. The molecule has 0 spiro atoms. The number of carbonyl (C=O) groups is 2. The Labute approximate surface area is 123 Å². The Morgan fingerprint density at radius 3 is 2.81 bits per heavy atom. The summed E-state index contributed by atoms with van der Waals surface area (Å²) >= 11 is 0. The molecular weight excluding hydrogens is 272 g/mol. The summed E-state index contributed by atoms with van der Waals surface area (Å²) in [6.07, 6.45) is 5.30. The molecule has 0 aromatic carbocycles. The van der Waals surface area contributed by atoms with Gasteiger partial charge in [-0.15, -0.1) is 0 Å². The van der Waals surface area contributed by atoms with E-state index in [0.717, 1.165) is 19.1 Å². The molecule has 0 atom stereocenters. The molecule has 2 heterocycles. The highest BCUT2D eigenvalue weighted by atomic mass is 16.6. The van der Waals surface area contributed by atoms with Crippen LogP contribution >= 0.6 is 0 Å². The Kier molecular flexibility index (Phi) is 5.48. The summed E-state index contributed by atoms with van der Waals surface area (Å²) in [5.74, 6) is 0.624. The normalized spacial score (nSPS) is 14.9. The number of rotatable bonds is 5. The van der Waals surface area contributed by atoms with Gasteiger partial charge in [-0.25, -0.2) is 14.8 Å². The zero-order valence-corrected chi connectivity index (χ0v) is 12.2. The van der Waals surface area contributed by atoms with Gasteiger partial charge in [0.25, 0.3) is 0 Å². The van der Waals surface area contributed by atoms with E-state index >= 15 is 0 Å². The van der Waals surface area contributed by atoms with Crippen LogP contribution in [-0.4, -0.2) is 60.0 Å². The number of anilines is 1. The maximum Gasteiger partial charge on any atom is 0.409 e. The summed E-state index contributed by atoms with van der Waals surface area (Å²) in [6.45, 7) is 4.90. The van der Waals surface area contributed by atoms with Gasteiger partial charge in [0, 0.05) is 32.4 Å². The van der Waals surface area contributed by atoms with Crippen molar-refractivity contribution in [3.05, 3.63) is 18.1 Å². The molecular formula is C14H20N4O3. The van der Waals surface area contributed by atoms with Gasteiger partial charge in [-0.1, -0.05) is 13.3 Å². The Morgan fingerprint density at radius 1 is 1.38 bits per heavy atom. The standard InChI is InChI=1S/C14H20N4O3/c1-2-3-8-21-14(20)18-6-4-17(5-7-18)13-12(10-19)9-15-11-16-13/h9-11H,2-8H2,1H3. The maximum absolute atomic E-state index is 11.8. The fourth-order valence-electron chi connectivity index (χ4n) is 2.18. The van der Waals surface area contributed by atoms with Crippen molar-refractivity contribution in [3.63, 3.8) is 0 Å². The van der Waals surface area contributed by atoms with E-state index in [1.165, 1.54) is 12.5 Å². The van der Waals surface area contributed by atoms with E-state index in [1.807, 2.05) is 4.90 Å². The van der Waals surface area contributed by atoms with Crippen molar-refractivity contribution in [3.8, 4) is 0 Å². The van der Waals surface area contributed by atoms with E-state index in [9.17, 15) is 9.59 Å². The molecule has 0 aliphatic carbocycles. The number of ether oxygens (including phenoxy) is 1. The van der Waals surface area contributed by atoms with E-state index < -0.39 is 0 Å². The number of piperazine rings is 1. The van der Waals surface area contributed by atoms with Gasteiger partial charge >= 0.3 is 6.09 Å². The van der Waals surface area contributed by atoms with E-state index in [4.69, 9.17) is 4.74 Å². The minimum absolute atomic E-state index is 0.263. The largest absolute Gasteiger partial charge is 0.449 e. The minimum Gasteiger partial charge on any atom is -0.449 e. The van der Waals surface area contributed by atoms with Crippen LogP contribution in [0.15, 0.2) is 12.5 Å². The van der Waals surface area contributed by atoms with Crippen LogP contribution in [-0.2, 0) is 4.74 Å². The molecule has 7 nitrogen and oxygen atoms in total. The summed E-state index contributed by atoms with van der Waals surface area (Å²) < 4.78 is 5.19. The number of aromatic nitrogens is 2. The predicted molar refractivity (Wildman–Crippen MR) is 77.5 cm³/mol. The molecule has 0 radical (unpaired) electrons. The monoisotopic (exact) mass is 292 g/mol. The van der Waals surface area contributed by atoms with Crippen molar-refractivity contribution < 1.29 is 14.3 Å². The van der Waals surface area contributed by atoms with Crippen LogP contribution in [0.5, 0.6) is 0 Å². The average Bonchev–Trinajstić information content (AvgIpc) is 2.55. The number of hydrogen-bond acceptors (Lipinski definition) is 6. The van der Waals surface area contributed by atoms with E-state index in [0.29, 0.717) is 44.2 Å². The Morgan fingerprint density at radius 2 is 2.14 bits per heavy atom. The van der Waals surface area contributed by atoms with Gasteiger partial charge < -0.3 is 14.5 Å². The summed E-state index contributed by atoms with van der Waals surface area (Å²) in [4.78, 5) is 34.5. The molecule has 1 amide bonds. The van der Waals surface area contributed by atoms with Gasteiger partial charge in [-0.05, 0) is 6.42 Å². The second kappa shape index (κ2) is 7.56. The summed E-state index contributed by atoms with van der Waals surface area (Å²) in [6, 6.07) is 0. The van der Waals surface area contributed by atoms with Crippen LogP contribution in [0.3, 0.4) is 0 Å². The van der Waals surface area contributed by atoms with Gasteiger partial charge in [0.1, 0.15) is 12.1 Å². The number of hydrogen-bond donors (Lipinski definition) is 0. The van der Waals surface area contributed by atoms with Crippen LogP contribution in [0.2, 0.25) is 0 Å². The Balaban J connectivity index is 1.88. The highest BCUT2D eigenvalue weighted by molar-refractivity contribution is 5.82. The SMILES string of the molecule is CCCCOC(=O)N1CCN(c2ncncc2C=O)CC1. The van der Waals surface area contributed by atoms with Gasteiger partial charge in [0.15, 0.2) is 6.29 Å². The molecule has 2 rings (SSSR count). The number of nitrogens with zero attached hydrogens (tertiary/aromatic N) is 4. The molecule has 21 heavy (non-hydrogen) atoms. The van der Waals surface area contributed by atoms with Gasteiger partial charge in [0.2, 0.25) is 0 Å². The Bertz CT molecular complexity index is 487. The number of carbonyl (C=O) groups excluding carboxylic acids is 2. The summed E-state index contributed by atoms with van der Waals surface area (Å²) in [7, 11) is 0. The van der Waals surface area contributed by atoms with Crippen molar-refractivity contribution in [2.45, 2.75) is 19.8 Å². The lowest BCUT2D eigenvalue weighted by molar-refractivity contribution is 0.0987. The van der Waals surface area contributed by atoms with Crippen LogP contribution < -0.4 is 4.90 Å². The molecule has 114 valence electrons. The lowest BCUT2D eigenvalue weighted by Crippen LogP contribution is -2.49. The smallest absolute Gasteiger partial charge is 0.409 e. The lowest BCUT2D eigenvalue weighted by atomic mass is 10.2. The molecule has 1 aromatic heterocycles. The van der Waals surface area contributed by atoms with Crippen LogP contribution in [0.1, 0.15) is 30.1 Å². The van der Waals surface area contributed by atoms with E-state index in [-0.39, 0.29) is 6.09 Å². The van der Waals surface area contributed by atoms with E-state index in [2.05, 4.69) is 16.9 Å². The third-order valence-electron chi connectivity index (χ3n) is 3.41. The minimum atomic E-state index is -0.263. The molecule has 0 unspecified atom stereocenters. The van der Waals surface area contributed by atoms with E-state index in [1.54, 1.807) is 4.90 Å². The first-order valence-electron chi connectivity index (χ1n) is 7.18. The second-order valence-corrected chi connectivity index (χ2v) is 4.86. The molecule has 7 heteroatoms. The fourth-order valence-corrected chi connectivity index (χ4v) is 2.18. The molecule has 1 aliphatic rings. The van der Waals surface area contributed by atoms with Crippen LogP contribution in [0, 0.1) is 0 Å². The van der Waals surface area contributed by atoms with Crippen LogP contribution in [0.25, 0.3) is 0 Å². The topological polar surface area (TPSA) is 75.6 Å². The molecule has 1 saturated heterocycles. The zero-order valence-electron chi connectivity index (χ0n) is 12.2. The first kappa shape index (κ1) is 15.2. The summed E-state index contributed by atoms with van der Waals surface area (Å²) in [5, 5.41) is 0. The quantitative estimate of drug-likeness (QED) is 0.602. The van der Waals surface area contributed by atoms with Crippen molar-refractivity contribution in [1.29, 1.82) is 0 Å². The number of unbranched alkanes of at least 4 members (excludes halogenated alkanes) is 1. The molecule has 1 fully saturated rings. The third kappa shape index (κ3) is 3.90. The zero-order chi connectivity index (χ0) is 15.1. The van der Waals surface area contributed by atoms with Gasteiger partial charge in [-0.3, -0.25) is 4.79 Å². The number of amides is 1. The molecule has 1 aliphatic heterocycles. The molecule has 0 N–H and O–H groups in total. The Hall–Kier alpha value is -2.18. The second-order valence-electron chi connectivity index (χ2n) is 4.86. The van der Waals surface area contributed by atoms with Gasteiger partial charge in [0.05, 0.1) is 12.2 Å².